The SMILES string of the molecule is CC#CC(=O)N1CCC[C@H]1c1nc(-c2ccc(C(=O)Cc3ccccn3)cc2)c2c(N)nccn12. The molecule has 0 spiro atoms. The van der Waals surface area contributed by atoms with Gasteiger partial charge in [-0.15, -0.1) is 0 Å². The number of nitrogens with zero attached hydrogens (tertiary/aromatic N) is 5. The quantitative estimate of drug-likeness (QED) is 0.358. The summed E-state index contributed by atoms with van der Waals surface area (Å²) in [6.45, 7) is 2.29. The van der Waals surface area contributed by atoms with Gasteiger partial charge in [-0.25, -0.2) is 9.97 Å². The maximum atomic E-state index is 12.7. The Kier molecular flexibility index (Phi) is 5.98. The van der Waals surface area contributed by atoms with Crippen LogP contribution in [0.2, 0.25) is 0 Å². The van der Waals surface area contributed by atoms with Gasteiger partial charge in [-0.1, -0.05) is 36.3 Å². The third-order valence-electron chi connectivity index (χ3n) is 6.20. The number of Topliss-reactive ketones (excluding diaryl/α,β-unsaturated/α-hetero) is 1. The highest BCUT2D eigenvalue weighted by molar-refractivity contribution is 5.98. The van der Waals surface area contributed by atoms with E-state index < -0.39 is 0 Å². The Balaban J connectivity index is 1.51. The van der Waals surface area contributed by atoms with Crippen molar-refractivity contribution in [2.24, 2.45) is 0 Å². The molecule has 1 atom stereocenters. The minimum atomic E-state index is -0.203. The number of aromatic nitrogens is 4. The smallest absolute Gasteiger partial charge is 0.299 e. The van der Waals surface area contributed by atoms with Crippen molar-refractivity contribution in [3.8, 4) is 23.1 Å². The number of carbonyl (C=O) groups excluding carboxylic acids is 2. The Morgan fingerprint density at radius 3 is 2.69 bits per heavy atom. The Morgan fingerprint density at radius 1 is 1.11 bits per heavy atom. The van der Waals surface area contributed by atoms with Gasteiger partial charge in [-0.05, 0) is 37.8 Å². The molecule has 0 bridgehead atoms. The van der Waals surface area contributed by atoms with E-state index in [2.05, 4.69) is 21.8 Å². The summed E-state index contributed by atoms with van der Waals surface area (Å²) < 4.78 is 1.91. The number of nitrogens with two attached hydrogens (primary N) is 1. The fourth-order valence-electron chi connectivity index (χ4n) is 4.56. The molecule has 1 fully saturated rings. The second kappa shape index (κ2) is 9.39. The Labute approximate surface area is 202 Å². The van der Waals surface area contributed by atoms with Crippen molar-refractivity contribution in [2.45, 2.75) is 32.2 Å². The monoisotopic (exact) mass is 464 g/mol. The molecule has 0 unspecified atom stereocenters. The molecule has 3 aromatic heterocycles. The molecular weight excluding hydrogens is 440 g/mol. The highest BCUT2D eigenvalue weighted by atomic mass is 16.2. The van der Waals surface area contributed by atoms with Crippen molar-refractivity contribution in [1.82, 2.24) is 24.3 Å². The van der Waals surface area contributed by atoms with Gasteiger partial charge in [0.2, 0.25) is 0 Å². The van der Waals surface area contributed by atoms with Crippen LogP contribution in [0.25, 0.3) is 16.8 Å². The summed E-state index contributed by atoms with van der Waals surface area (Å²) in [5.41, 5.74) is 9.76. The number of nitrogen functional groups attached to an aromatic ring is 1. The molecule has 1 aromatic carbocycles. The number of amides is 1. The average Bonchev–Trinajstić information content (AvgIpc) is 3.51. The van der Waals surface area contributed by atoms with Gasteiger partial charge in [-0.3, -0.25) is 19.0 Å². The van der Waals surface area contributed by atoms with Crippen LogP contribution >= 0.6 is 0 Å². The lowest BCUT2D eigenvalue weighted by atomic mass is 10.0. The van der Waals surface area contributed by atoms with E-state index in [0.29, 0.717) is 29.1 Å². The molecule has 2 N–H and O–H groups in total. The summed E-state index contributed by atoms with van der Waals surface area (Å²) in [5.74, 6) is 6.20. The Bertz CT molecular complexity index is 1460. The minimum absolute atomic E-state index is 0.0102. The summed E-state index contributed by atoms with van der Waals surface area (Å²) in [4.78, 5) is 40.5. The summed E-state index contributed by atoms with van der Waals surface area (Å²) in [7, 11) is 0. The fraction of sp³-hybridized carbons (Fsp3) is 0.222. The summed E-state index contributed by atoms with van der Waals surface area (Å²) in [6.07, 6.45) is 7.03. The van der Waals surface area contributed by atoms with Crippen molar-refractivity contribution in [3.05, 3.63) is 78.1 Å². The largest absolute Gasteiger partial charge is 0.382 e. The zero-order valence-electron chi connectivity index (χ0n) is 19.3. The number of imidazole rings is 1. The highest BCUT2D eigenvalue weighted by Gasteiger charge is 2.33. The van der Waals surface area contributed by atoms with Crippen LogP contribution in [-0.4, -0.2) is 42.5 Å². The van der Waals surface area contributed by atoms with E-state index in [4.69, 9.17) is 10.7 Å². The lowest BCUT2D eigenvalue weighted by Gasteiger charge is -2.21. The maximum absolute atomic E-state index is 12.7. The number of hydrogen-bond acceptors (Lipinski definition) is 6. The molecule has 1 aliphatic heterocycles. The van der Waals surface area contributed by atoms with Crippen LogP contribution in [0.4, 0.5) is 5.82 Å². The first-order chi connectivity index (χ1) is 17.1. The molecule has 174 valence electrons. The Morgan fingerprint density at radius 2 is 1.94 bits per heavy atom. The number of likely N-dealkylation sites (tertiary alicyclic amines) is 1. The molecule has 0 saturated carbocycles. The van der Waals surface area contributed by atoms with Gasteiger partial charge in [0.1, 0.15) is 22.9 Å². The number of ketones is 1. The van der Waals surface area contributed by atoms with Crippen molar-refractivity contribution in [2.75, 3.05) is 12.3 Å². The van der Waals surface area contributed by atoms with Crippen LogP contribution in [0, 0.1) is 11.8 Å². The third kappa shape index (κ3) is 4.24. The standard InChI is InChI=1S/C27H24N6O2/c1-2-6-23(35)32-15-5-8-21(32)27-31-24(25-26(28)30-14-16-33(25)27)19-11-9-18(10-12-19)22(34)17-20-7-3-4-13-29-20/h3-4,7,9-14,16,21H,5,8,15,17H2,1H3,(H2,28,30)/t21-/m0/s1. The predicted molar refractivity (Wildman–Crippen MR) is 132 cm³/mol. The number of rotatable bonds is 5. The lowest BCUT2D eigenvalue weighted by Crippen LogP contribution is -2.30. The van der Waals surface area contributed by atoms with E-state index in [-0.39, 0.29) is 24.2 Å². The second-order valence-corrected chi connectivity index (χ2v) is 8.38. The van der Waals surface area contributed by atoms with Gasteiger partial charge in [0.25, 0.3) is 5.91 Å². The lowest BCUT2D eigenvalue weighted by molar-refractivity contribution is -0.126. The molecule has 0 radical (unpaired) electrons. The van der Waals surface area contributed by atoms with Gasteiger partial charge in [0.05, 0.1) is 12.5 Å². The molecule has 4 aromatic rings. The summed E-state index contributed by atoms with van der Waals surface area (Å²) >= 11 is 0. The number of pyridine rings is 1. The number of carbonyl (C=O) groups is 2. The minimum Gasteiger partial charge on any atom is -0.382 e. The first kappa shape index (κ1) is 22.3. The highest BCUT2D eigenvalue weighted by Crippen LogP contribution is 2.36. The van der Waals surface area contributed by atoms with Crippen molar-refractivity contribution >= 4 is 23.0 Å². The van der Waals surface area contributed by atoms with E-state index >= 15 is 0 Å². The van der Waals surface area contributed by atoms with Gasteiger partial charge >= 0.3 is 0 Å². The van der Waals surface area contributed by atoms with E-state index in [1.807, 2.05) is 40.9 Å². The molecular formula is C27H24N6O2. The zero-order valence-corrected chi connectivity index (χ0v) is 19.3. The molecule has 35 heavy (non-hydrogen) atoms. The van der Waals surface area contributed by atoms with Crippen LogP contribution in [0.1, 0.15) is 47.7 Å². The topological polar surface area (TPSA) is 106 Å². The molecule has 1 saturated heterocycles. The van der Waals surface area contributed by atoms with Gasteiger partial charge in [0.15, 0.2) is 5.78 Å². The van der Waals surface area contributed by atoms with Crippen LogP contribution < -0.4 is 5.73 Å². The van der Waals surface area contributed by atoms with Crippen molar-refractivity contribution in [1.29, 1.82) is 0 Å². The van der Waals surface area contributed by atoms with Crippen LogP contribution in [0.5, 0.6) is 0 Å². The number of hydrogen-bond donors (Lipinski definition) is 1. The second-order valence-electron chi connectivity index (χ2n) is 8.38. The first-order valence-corrected chi connectivity index (χ1v) is 11.5. The van der Waals surface area contributed by atoms with Crippen molar-refractivity contribution in [3.63, 3.8) is 0 Å². The van der Waals surface area contributed by atoms with Crippen molar-refractivity contribution < 1.29 is 9.59 Å². The zero-order chi connectivity index (χ0) is 24.4. The predicted octanol–water partition coefficient (Wildman–Crippen LogP) is 3.49. The van der Waals surface area contributed by atoms with Crippen LogP contribution in [-0.2, 0) is 11.2 Å². The molecule has 5 rings (SSSR count). The summed E-state index contributed by atoms with van der Waals surface area (Å²) in [5, 5.41) is 0. The number of anilines is 1. The first-order valence-electron chi connectivity index (χ1n) is 11.5. The molecule has 1 aliphatic rings. The van der Waals surface area contributed by atoms with E-state index in [1.165, 1.54) is 0 Å². The maximum Gasteiger partial charge on any atom is 0.299 e. The van der Waals surface area contributed by atoms with Gasteiger partial charge in [-0.2, -0.15) is 0 Å². The molecule has 8 heteroatoms. The third-order valence-corrected chi connectivity index (χ3v) is 6.20. The molecule has 0 aliphatic carbocycles. The normalized spacial score (nSPS) is 15.1. The fourth-order valence-corrected chi connectivity index (χ4v) is 4.56. The van der Waals surface area contributed by atoms with E-state index in [9.17, 15) is 9.59 Å². The molecule has 4 heterocycles. The van der Waals surface area contributed by atoms with Crippen LogP contribution in [0.15, 0.2) is 61.1 Å². The average molecular weight is 465 g/mol. The molecule has 1 amide bonds. The van der Waals surface area contributed by atoms with Gasteiger partial charge < -0.3 is 10.6 Å². The number of benzene rings is 1. The summed E-state index contributed by atoms with van der Waals surface area (Å²) in [6, 6.07) is 12.6. The molecule has 8 nitrogen and oxygen atoms in total. The number of fused-ring (bicyclic) bond motifs is 1. The van der Waals surface area contributed by atoms with E-state index in [1.54, 1.807) is 36.4 Å². The van der Waals surface area contributed by atoms with Gasteiger partial charge in [0, 0.05) is 42.0 Å². The Hall–Kier alpha value is -4.51. The van der Waals surface area contributed by atoms with E-state index in [0.717, 1.165) is 29.9 Å². The van der Waals surface area contributed by atoms with Crippen LogP contribution in [0.3, 0.4) is 0 Å².